The van der Waals surface area contributed by atoms with Gasteiger partial charge in [-0.25, -0.2) is 17.5 Å². The molecule has 0 saturated heterocycles. The van der Waals surface area contributed by atoms with Crippen LogP contribution < -0.4 is 4.72 Å². The minimum absolute atomic E-state index is 0.0704. The maximum absolute atomic E-state index is 12.6. The summed E-state index contributed by atoms with van der Waals surface area (Å²) in [6.07, 6.45) is 0. The third kappa shape index (κ3) is 5.25. The van der Waals surface area contributed by atoms with Gasteiger partial charge in [-0.2, -0.15) is 0 Å². The predicted molar refractivity (Wildman–Crippen MR) is 63.3 cm³/mol. The third-order valence-electron chi connectivity index (χ3n) is 2.23. The van der Waals surface area contributed by atoms with Crippen LogP contribution in [0.1, 0.15) is 12.5 Å². The topological polar surface area (TPSA) is 66.4 Å². The van der Waals surface area contributed by atoms with Gasteiger partial charge >= 0.3 is 0 Å². The highest BCUT2D eigenvalue weighted by Gasteiger charge is 2.12. The fourth-order valence-corrected chi connectivity index (χ4v) is 2.46. The maximum Gasteiger partial charge on any atom is 0.215 e. The van der Waals surface area contributed by atoms with Gasteiger partial charge in [-0.15, -0.1) is 0 Å². The highest BCUT2D eigenvalue weighted by atomic mass is 32.2. The Labute approximate surface area is 101 Å². The first-order chi connectivity index (χ1) is 7.93. The van der Waals surface area contributed by atoms with Crippen molar-refractivity contribution in [3.63, 3.8) is 0 Å². The summed E-state index contributed by atoms with van der Waals surface area (Å²) < 4.78 is 38.3. The fraction of sp³-hybridized carbons (Fsp3) is 0.455. The molecule has 1 rings (SSSR count). The first-order valence-corrected chi connectivity index (χ1v) is 6.91. The fourth-order valence-electron chi connectivity index (χ4n) is 1.18. The number of hydrogen-bond donors (Lipinski definition) is 2. The molecule has 0 fully saturated rings. The molecule has 0 radical (unpaired) electrons. The molecule has 2 N–H and O–H groups in total. The summed E-state index contributed by atoms with van der Waals surface area (Å²) in [5, 5.41) is 8.78. The first-order valence-electron chi connectivity index (χ1n) is 5.25. The lowest BCUT2D eigenvalue weighted by Gasteiger charge is -2.10. The van der Waals surface area contributed by atoms with Crippen molar-refractivity contribution >= 4 is 10.0 Å². The number of nitrogens with one attached hydrogen (secondary N) is 1. The van der Waals surface area contributed by atoms with Gasteiger partial charge in [-0.05, 0) is 23.6 Å². The summed E-state index contributed by atoms with van der Waals surface area (Å²) in [6.45, 7) is 1.86. The summed E-state index contributed by atoms with van der Waals surface area (Å²) in [7, 11) is -3.44. The van der Waals surface area contributed by atoms with Gasteiger partial charge < -0.3 is 5.11 Å². The van der Waals surface area contributed by atoms with Crippen LogP contribution in [0, 0.1) is 11.7 Å². The monoisotopic (exact) mass is 261 g/mol. The Bertz CT molecular complexity index is 444. The second kappa shape index (κ2) is 6.09. The van der Waals surface area contributed by atoms with Gasteiger partial charge in [0.2, 0.25) is 10.0 Å². The lowest BCUT2D eigenvalue weighted by atomic mass is 10.2. The van der Waals surface area contributed by atoms with Crippen LogP contribution in [0.5, 0.6) is 0 Å². The summed E-state index contributed by atoms with van der Waals surface area (Å²) in [4.78, 5) is 0. The quantitative estimate of drug-likeness (QED) is 0.798. The predicted octanol–water partition coefficient (Wildman–Crippen LogP) is 0.873. The Kier molecular flexibility index (Phi) is 5.04. The summed E-state index contributed by atoms with van der Waals surface area (Å²) in [5.41, 5.74) is 0.524. The molecule has 0 bridgehead atoms. The molecule has 0 heterocycles. The van der Waals surface area contributed by atoms with Crippen molar-refractivity contribution in [3.05, 3.63) is 35.6 Å². The highest BCUT2D eigenvalue weighted by Crippen LogP contribution is 2.06. The smallest absolute Gasteiger partial charge is 0.215 e. The summed E-state index contributed by atoms with van der Waals surface area (Å²) >= 11 is 0. The molecule has 0 spiro atoms. The number of hydrogen-bond acceptors (Lipinski definition) is 3. The highest BCUT2D eigenvalue weighted by molar-refractivity contribution is 7.88. The Hall–Kier alpha value is -0.980. The zero-order chi connectivity index (χ0) is 12.9. The van der Waals surface area contributed by atoms with E-state index in [1.165, 1.54) is 24.3 Å². The van der Waals surface area contributed by atoms with E-state index in [9.17, 15) is 12.8 Å². The van der Waals surface area contributed by atoms with Crippen molar-refractivity contribution < 1.29 is 17.9 Å². The van der Waals surface area contributed by atoms with E-state index >= 15 is 0 Å². The molecule has 1 unspecified atom stereocenters. The standard InChI is InChI=1S/C11H16FNO3S/c1-9(7-14)6-13-17(15,16)8-10-2-4-11(12)5-3-10/h2-5,9,13-14H,6-8H2,1H3. The Morgan fingerprint density at radius 3 is 2.47 bits per heavy atom. The molecule has 0 aliphatic carbocycles. The van der Waals surface area contributed by atoms with Gasteiger partial charge in [-0.1, -0.05) is 19.1 Å². The van der Waals surface area contributed by atoms with Crippen LogP contribution in [-0.2, 0) is 15.8 Å². The maximum atomic E-state index is 12.6. The van der Waals surface area contributed by atoms with E-state index in [2.05, 4.69) is 4.72 Å². The molecule has 0 aliphatic rings. The third-order valence-corrected chi connectivity index (χ3v) is 3.55. The molecule has 0 amide bonds. The molecular formula is C11H16FNO3S. The number of aliphatic hydroxyl groups excluding tert-OH is 1. The van der Waals surface area contributed by atoms with Crippen molar-refractivity contribution in [1.29, 1.82) is 0 Å². The van der Waals surface area contributed by atoms with E-state index in [0.29, 0.717) is 5.56 Å². The van der Waals surface area contributed by atoms with Gasteiger partial charge in [0.25, 0.3) is 0 Å². The molecule has 6 heteroatoms. The molecule has 1 aromatic carbocycles. The Morgan fingerprint density at radius 1 is 1.35 bits per heavy atom. The second-order valence-corrected chi connectivity index (χ2v) is 5.83. The van der Waals surface area contributed by atoms with E-state index in [-0.39, 0.29) is 24.8 Å². The van der Waals surface area contributed by atoms with Crippen LogP contribution in [0.4, 0.5) is 4.39 Å². The van der Waals surface area contributed by atoms with Crippen LogP contribution in [0.25, 0.3) is 0 Å². The van der Waals surface area contributed by atoms with Crippen LogP contribution >= 0.6 is 0 Å². The number of halogens is 1. The lowest BCUT2D eigenvalue weighted by molar-refractivity contribution is 0.238. The Balaban J connectivity index is 2.57. The van der Waals surface area contributed by atoms with Gasteiger partial charge in [0.05, 0.1) is 5.75 Å². The van der Waals surface area contributed by atoms with E-state index in [0.717, 1.165) is 0 Å². The molecule has 4 nitrogen and oxygen atoms in total. The van der Waals surface area contributed by atoms with Crippen molar-refractivity contribution in [1.82, 2.24) is 4.72 Å². The molecular weight excluding hydrogens is 245 g/mol. The zero-order valence-corrected chi connectivity index (χ0v) is 10.4. The molecule has 0 aromatic heterocycles. The molecule has 1 aromatic rings. The van der Waals surface area contributed by atoms with Crippen molar-refractivity contribution in [2.45, 2.75) is 12.7 Å². The number of sulfonamides is 1. The number of aliphatic hydroxyl groups is 1. The van der Waals surface area contributed by atoms with Crippen molar-refractivity contribution in [3.8, 4) is 0 Å². The minimum atomic E-state index is -3.44. The lowest BCUT2D eigenvalue weighted by Crippen LogP contribution is -2.30. The summed E-state index contributed by atoms with van der Waals surface area (Å²) in [6, 6.07) is 5.32. The minimum Gasteiger partial charge on any atom is -0.396 e. The van der Waals surface area contributed by atoms with Gasteiger partial charge in [0, 0.05) is 13.2 Å². The average molecular weight is 261 g/mol. The zero-order valence-electron chi connectivity index (χ0n) is 9.56. The van der Waals surface area contributed by atoms with Crippen molar-refractivity contribution in [2.75, 3.05) is 13.2 Å². The van der Waals surface area contributed by atoms with Crippen LogP contribution in [-0.4, -0.2) is 26.7 Å². The average Bonchev–Trinajstić information content (AvgIpc) is 2.29. The molecule has 0 saturated carbocycles. The Morgan fingerprint density at radius 2 is 1.94 bits per heavy atom. The van der Waals surface area contributed by atoms with E-state index in [1.54, 1.807) is 6.92 Å². The number of benzene rings is 1. The molecule has 1 atom stereocenters. The van der Waals surface area contributed by atoms with Crippen molar-refractivity contribution in [2.24, 2.45) is 5.92 Å². The van der Waals surface area contributed by atoms with Gasteiger partial charge in [0.1, 0.15) is 5.82 Å². The second-order valence-electron chi connectivity index (χ2n) is 4.02. The first kappa shape index (κ1) is 14.1. The molecule has 96 valence electrons. The van der Waals surface area contributed by atoms with E-state index in [4.69, 9.17) is 5.11 Å². The van der Waals surface area contributed by atoms with Crippen LogP contribution in [0.2, 0.25) is 0 Å². The van der Waals surface area contributed by atoms with E-state index in [1.807, 2.05) is 0 Å². The van der Waals surface area contributed by atoms with Gasteiger partial charge in [-0.3, -0.25) is 0 Å². The van der Waals surface area contributed by atoms with Gasteiger partial charge in [0.15, 0.2) is 0 Å². The summed E-state index contributed by atoms with van der Waals surface area (Å²) in [5.74, 6) is -0.711. The SMILES string of the molecule is CC(CO)CNS(=O)(=O)Cc1ccc(F)cc1. The number of rotatable bonds is 6. The van der Waals surface area contributed by atoms with E-state index < -0.39 is 15.8 Å². The largest absolute Gasteiger partial charge is 0.396 e. The molecule has 0 aliphatic heterocycles. The van der Waals surface area contributed by atoms with Crippen LogP contribution in [0.3, 0.4) is 0 Å². The molecule has 17 heavy (non-hydrogen) atoms. The normalized spacial score (nSPS) is 13.6. The van der Waals surface area contributed by atoms with Crippen LogP contribution in [0.15, 0.2) is 24.3 Å².